The van der Waals surface area contributed by atoms with Crippen LogP contribution in [0.3, 0.4) is 0 Å². The van der Waals surface area contributed by atoms with Gasteiger partial charge in [0.25, 0.3) is 0 Å². The number of ether oxygens (including phenoxy) is 1. The van der Waals surface area contributed by atoms with Gasteiger partial charge >= 0.3 is 11.9 Å². The average Bonchev–Trinajstić information content (AvgIpc) is 2.53. The molecule has 0 bridgehead atoms. The van der Waals surface area contributed by atoms with Crippen LogP contribution in [0.1, 0.15) is 44.9 Å². The molecule has 0 saturated heterocycles. The lowest BCUT2D eigenvalue weighted by Crippen LogP contribution is -2.50. The number of imide groups is 1. The number of aliphatic carboxylic acids is 1. The van der Waals surface area contributed by atoms with Gasteiger partial charge in [0, 0.05) is 12.8 Å². The first kappa shape index (κ1) is 21.6. The number of hydrogen-bond donors (Lipinski definition) is 1. The van der Waals surface area contributed by atoms with Crippen LogP contribution in [0.4, 0.5) is 0 Å². The third kappa shape index (κ3) is 7.71. The van der Waals surface area contributed by atoms with Crippen LogP contribution in [0.5, 0.6) is 0 Å². The number of carboxylic acid groups (broad SMARTS) is 1. The van der Waals surface area contributed by atoms with Crippen LogP contribution in [0.15, 0.2) is 25.3 Å². The number of methoxy groups -OCH3 is 1. The van der Waals surface area contributed by atoms with Gasteiger partial charge in [-0.05, 0) is 25.7 Å². The smallest absolute Gasteiger partial charge is 0.329 e. The second kappa shape index (κ2) is 12.0. The van der Waals surface area contributed by atoms with Crippen LogP contribution in [-0.4, -0.2) is 46.9 Å². The van der Waals surface area contributed by atoms with Crippen LogP contribution in [0.2, 0.25) is 0 Å². The van der Waals surface area contributed by atoms with E-state index in [1.54, 1.807) is 12.2 Å². The number of carbonyl (C=O) groups is 4. The van der Waals surface area contributed by atoms with Crippen LogP contribution < -0.4 is 0 Å². The molecule has 1 N–H and O–H groups in total. The maximum absolute atomic E-state index is 12.4. The summed E-state index contributed by atoms with van der Waals surface area (Å²) in [5.74, 6) is -3.39. The highest BCUT2D eigenvalue weighted by Crippen LogP contribution is 2.15. The molecule has 0 aliphatic heterocycles. The van der Waals surface area contributed by atoms with Crippen molar-refractivity contribution in [2.24, 2.45) is 0 Å². The molecule has 0 fully saturated rings. The lowest BCUT2D eigenvalue weighted by molar-refractivity contribution is -0.162. The molecule has 1 atom stereocenters. The largest absolute Gasteiger partial charge is 0.481 e. The second-order valence-corrected chi connectivity index (χ2v) is 5.16. The Bertz CT molecular complexity index is 459. The third-order valence-corrected chi connectivity index (χ3v) is 3.29. The molecule has 1 unspecified atom stereocenters. The molecule has 0 radical (unpaired) electrons. The summed E-state index contributed by atoms with van der Waals surface area (Å²) in [5, 5.41) is 8.99. The summed E-state index contributed by atoms with van der Waals surface area (Å²) in [7, 11) is 1.08. The van der Waals surface area contributed by atoms with E-state index in [9.17, 15) is 19.2 Å². The quantitative estimate of drug-likeness (QED) is 0.332. The maximum atomic E-state index is 12.4. The highest BCUT2D eigenvalue weighted by atomic mass is 16.5. The van der Waals surface area contributed by atoms with Crippen LogP contribution in [0.25, 0.3) is 0 Å². The van der Waals surface area contributed by atoms with E-state index in [4.69, 9.17) is 5.11 Å². The fourth-order valence-electron chi connectivity index (χ4n) is 2.10. The summed E-state index contributed by atoms with van der Waals surface area (Å²) in [5.41, 5.74) is 0. The van der Waals surface area contributed by atoms with Gasteiger partial charge in [-0.25, -0.2) is 4.79 Å². The van der Waals surface area contributed by atoms with E-state index < -0.39 is 36.2 Å². The second-order valence-electron chi connectivity index (χ2n) is 5.16. The molecule has 0 aromatic heterocycles. The number of nitrogens with zero attached hydrogens (tertiary/aromatic N) is 1. The first-order valence-electron chi connectivity index (χ1n) is 7.75. The van der Waals surface area contributed by atoms with E-state index >= 15 is 0 Å². The van der Waals surface area contributed by atoms with Gasteiger partial charge in [-0.3, -0.25) is 19.3 Å². The Labute approximate surface area is 142 Å². The molecule has 0 heterocycles. The van der Waals surface area contributed by atoms with Crippen molar-refractivity contribution in [3.8, 4) is 0 Å². The predicted octanol–water partition coefficient (Wildman–Crippen LogP) is 2.07. The zero-order chi connectivity index (χ0) is 18.5. The van der Waals surface area contributed by atoms with E-state index in [0.29, 0.717) is 25.7 Å². The molecule has 0 rings (SSSR count). The summed E-state index contributed by atoms with van der Waals surface area (Å²) in [6.07, 6.45) is 4.69. The molecule has 0 aromatic carbocycles. The SMILES string of the molecule is C=CCCCC(=O)N(C(=O)CCCC=C)C(CC(=O)O)C(=O)OC. The Hall–Kier alpha value is -2.44. The zero-order valence-corrected chi connectivity index (χ0v) is 14.0. The summed E-state index contributed by atoms with van der Waals surface area (Å²) >= 11 is 0. The van der Waals surface area contributed by atoms with Gasteiger partial charge in [0.05, 0.1) is 13.5 Å². The molecular formula is C17H25NO6. The molecule has 0 aromatic rings. The Morgan fingerprint density at radius 1 is 1.04 bits per heavy atom. The van der Waals surface area contributed by atoms with Crippen LogP contribution >= 0.6 is 0 Å². The number of allylic oxidation sites excluding steroid dienone is 2. The Kier molecular flexibility index (Phi) is 10.8. The number of hydrogen-bond acceptors (Lipinski definition) is 5. The topological polar surface area (TPSA) is 101 Å². The molecule has 24 heavy (non-hydrogen) atoms. The summed E-state index contributed by atoms with van der Waals surface area (Å²) in [4.78, 5) is 48.4. The van der Waals surface area contributed by atoms with Crippen LogP contribution in [-0.2, 0) is 23.9 Å². The number of esters is 1. The summed E-state index contributed by atoms with van der Waals surface area (Å²) < 4.78 is 4.57. The average molecular weight is 339 g/mol. The Balaban J connectivity index is 5.35. The van der Waals surface area contributed by atoms with Gasteiger partial charge in [-0.1, -0.05) is 12.2 Å². The zero-order valence-electron chi connectivity index (χ0n) is 14.0. The van der Waals surface area contributed by atoms with Gasteiger partial charge < -0.3 is 9.84 Å². The van der Waals surface area contributed by atoms with Gasteiger partial charge in [0.15, 0.2) is 0 Å². The number of carbonyl (C=O) groups excluding carboxylic acids is 3. The normalized spacial score (nSPS) is 11.2. The van der Waals surface area contributed by atoms with Gasteiger partial charge in [0.1, 0.15) is 6.04 Å². The fraction of sp³-hybridized carbons (Fsp3) is 0.529. The molecule has 0 spiro atoms. The van der Waals surface area contributed by atoms with Crippen LogP contribution in [0, 0.1) is 0 Å². The first-order valence-corrected chi connectivity index (χ1v) is 7.75. The lowest BCUT2D eigenvalue weighted by atomic mass is 10.1. The van der Waals surface area contributed by atoms with Gasteiger partial charge in [-0.2, -0.15) is 0 Å². The van der Waals surface area contributed by atoms with E-state index in [1.807, 2.05) is 0 Å². The number of carboxylic acids is 1. The molecule has 7 heteroatoms. The monoisotopic (exact) mass is 339 g/mol. The molecule has 0 aliphatic carbocycles. The number of rotatable bonds is 12. The molecule has 0 aliphatic rings. The fourth-order valence-corrected chi connectivity index (χ4v) is 2.10. The van der Waals surface area contributed by atoms with E-state index in [1.165, 1.54) is 0 Å². The minimum Gasteiger partial charge on any atom is -0.481 e. The minimum atomic E-state index is -1.46. The molecular weight excluding hydrogens is 314 g/mol. The Morgan fingerprint density at radius 2 is 1.50 bits per heavy atom. The first-order chi connectivity index (χ1) is 11.4. The summed E-state index contributed by atoms with van der Waals surface area (Å²) in [6, 6.07) is -1.46. The standard InChI is InChI=1S/C17H25NO6/c1-4-6-8-10-14(19)18(15(20)11-9-7-5-2)13(12-16(21)22)17(23)24-3/h4-5,13H,1-2,6-12H2,3H3,(H,21,22). The van der Waals surface area contributed by atoms with Crippen molar-refractivity contribution < 1.29 is 29.0 Å². The predicted molar refractivity (Wildman–Crippen MR) is 88.0 cm³/mol. The van der Waals surface area contributed by atoms with Gasteiger partial charge in [0.2, 0.25) is 11.8 Å². The third-order valence-electron chi connectivity index (χ3n) is 3.29. The summed E-state index contributed by atoms with van der Waals surface area (Å²) in [6.45, 7) is 7.10. The molecule has 7 nitrogen and oxygen atoms in total. The van der Waals surface area contributed by atoms with E-state index in [-0.39, 0.29) is 12.8 Å². The lowest BCUT2D eigenvalue weighted by Gasteiger charge is -2.27. The van der Waals surface area contributed by atoms with E-state index in [2.05, 4.69) is 17.9 Å². The highest BCUT2D eigenvalue weighted by Gasteiger charge is 2.36. The molecule has 2 amide bonds. The highest BCUT2D eigenvalue weighted by molar-refractivity contribution is 6.00. The van der Waals surface area contributed by atoms with Crippen molar-refractivity contribution in [2.75, 3.05) is 7.11 Å². The maximum Gasteiger partial charge on any atom is 0.329 e. The molecule has 0 saturated carbocycles. The van der Waals surface area contributed by atoms with Crippen molar-refractivity contribution in [1.82, 2.24) is 4.90 Å². The molecule has 134 valence electrons. The van der Waals surface area contributed by atoms with Crippen molar-refractivity contribution in [3.05, 3.63) is 25.3 Å². The number of unbranched alkanes of at least 4 members (excludes halogenated alkanes) is 2. The van der Waals surface area contributed by atoms with Gasteiger partial charge in [-0.15, -0.1) is 13.2 Å². The van der Waals surface area contributed by atoms with Crippen molar-refractivity contribution >= 4 is 23.8 Å². The van der Waals surface area contributed by atoms with Crippen molar-refractivity contribution in [2.45, 2.75) is 51.0 Å². The Morgan fingerprint density at radius 3 is 1.83 bits per heavy atom. The number of amides is 2. The van der Waals surface area contributed by atoms with Crippen molar-refractivity contribution in [1.29, 1.82) is 0 Å². The van der Waals surface area contributed by atoms with Crippen molar-refractivity contribution in [3.63, 3.8) is 0 Å². The minimum absolute atomic E-state index is 0.0202. The van der Waals surface area contributed by atoms with E-state index in [0.717, 1.165) is 12.0 Å².